The van der Waals surface area contributed by atoms with E-state index in [0.717, 1.165) is 25.6 Å². The lowest BCUT2D eigenvalue weighted by molar-refractivity contribution is 0.134. The van der Waals surface area contributed by atoms with Gasteiger partial charge in [-0.1, -0.05) is 26.2 Å². The maximum Gasteiger partial charge on any atom is 0.0604 e. The first-order valence-electron chi connectivity index (χ1n) is 6.06. The summed E-state index contributed by atoms with van der Waals surface area (Å²) in [5.41, 5.74) is 0. The lowest BCUT2D eigenvalue weighted by atomic mass is 9.96. The van der Waals surface area contributed by atoms with Crippen molar-refractivity contribution in [3.63, 3.8) is 0 Å². The van der Waals surface area contributed by atoms with Crippen molar-refractivity contribution >= 4 is 0 Å². The zero-order valence-corrected chi connectivity index (χ0v) is 10.5. The molecular formula is C13H24N2. The zero-order valence-electron chi connectivity index (χ0n) is 10.5. The second kappa shape index (κ2) is 6.15. The molecular weight excluding hydrogens is 184 g/mol. The van der Waals surface area contributed by atoms with E-state index in [1.807, 2.05) is 6.92 Å². The minimum atomic E-state index is 0.617. The van der Waals surface area contributed by atoms with Gasteiger partial charge < -0.3 is 5.32 Å². The molecule has 1 N–H and O–H groups in total. The van der Waals surface area contributed by atoms with Gasteiger partial charge in [-0.15, -0.1) is 5.92 Å². The molecule has 0 bridgehead atoms. The lowest BCUT2D eigenvalue weighted by Crippen LogP contribution is -2.57. The van der Waals surface area contributed by atoms with Gasteiger partial charge in [0.1, 0.15) is 0 Å². The van der Waals surface area contributed by atoms with Crippen molar-refractivity contribution in [2.24, 2.45) is 5.92 Å². The maximum absolute atomic E-state index is 3.64. The summed E-state index contributed by atoms with van der Waals surface area (Å²) in [6.45, 7) is 12.0. The molecule has 0 radical (unpaired) electrons. The van der Waals surface area contributed by atoms with E-state index in [2.05, 4.69) is 42.8 Å². The van der Waals surface area contributed by atoms with Gasteiger partial charge in [0.25, 0.3) is 0 Å². The van der Waals surface area contributed by atoms with Crippen LogP contribution in [0.4, 0.5) is 0 Å². The summed E-state index contributed by atoms with van der Waals surface area (Å²) < 4.78 is 0. The molecule has 0 amide bonds. The molecule has 0 spiro atoms. The molecule has 0 aliphatic carbocycles. The highest BCUT2D eigenvalue weighted by Crippen LogP contribution is 2.14. The van der Waals surface area contributed by atoms with E-state index in [1.165, 1.54) is 6.42 Å². The second-order valence-electron chi connectivity index (χ2n) is 4.61. The molecule has 86 valence electrons. The smallest absolute Gasteiger partial charge is 0.0604 e. The average molecular weight is 208 g/mol. The minimum Gasteiger partial charge on any atom is -0.311 e. The molecule has 3 atom stereocenters. The van der Waals surface area contributed by atoms with Gasteiger partial charge in [0.15, 0.2) is 0 Å². The molecule has 1 heterocycles. The van der Waals surface area contributed by atoms with E-state index in [9.17, 15) is 0 Å². The van der Waals surface area contributed by atoms with Crippen LogP contribution < -0.4 is 5.32 Å². The van der Waals surface area contributed by atoms with Gasteiger partial charge in [-0.2, -0.15) is 0 Å². The Labute approximate surface area is 94.4 Å². The molecule has 1 aliphatic rings. The monoisotopic (exact) mass is 208 g/mol. The lowest BCUT2D eigenvalue weighted by Gasteiger charge is -2.40. The number of rotatable bonds is 3. The highest BCUT2D eigenvalue weighted by atomic mass is 15.2. The van der Waals surface area contributed by atoms with Crippen molar-refractivity contribution in [3.8, 4) is 11.8 Å². The first-order valence-corrected chi connectivity index (χ1v) is 6.06. The van der Waals surface area contributed by atoms with Crippen LogP contribution in [-0.2, 0) is 0 Å². The quantitative estimate of drug-likeness (QED) is 0.710. The van der Waals surface area contributed by atoms with E-state index < -0.39 is 0 Å². The van der Waals surface area contributed by atoms with Crippen LogP contribution in [0.2, 0.25) is 0 Å². The number of hydrogen-bond acceptors (Lipinski definition) is 2. The molecule has 1 saturated heterocycles. The molecule has 1 rings (SSSR count). The first-order chi connectivity index (χ1) is 7.19. The molecule has 0 saturated carbocycles. The number of piperazine rings is 1. The molecule has 2 heteroatoms. The summed E-state index contributed by atoms with van der Waals surface area (Å²) in [6.07, 6.45) is 1.25. The van der Waals surface area contributed by atoms with Crippen molar-refractivity contribution in [1.82, 2.24) is 10.2 Å². The molecule has 3 unspecified atom stereocenters. The number of hydrogen-bond donors (Lipinski definition) is 1. The third-order valence-corrected chi connectivity index (χ3v) is 3.52. The third kappa shape index (κ3) is 3.52. The topological polar surface area (TPSA) is 15.3 Å². The highest BCUT2D eigenvalue weighted by molar-refractivity contribution is 5.00. The van der Waals surface area contributed by atoms with Gasteiger partial charge in [0.2, 0.25) is 0 Å². The van der Waals surface area contributed by atoms with Crippen LogP contribution in [0.5, 0.6) is 0 Å². The first kappa shape index (κ1) is 12.5. The van der Waals surface area contributed by atoms with Crippen molar-refractivity contribution in [2.45, 2.75) is 46.2 Å². The fourth-order valence-electron chi connectivity index (χ4n) is 2.01. The number of nitrogens with one attached hydrogen (secondary N) is 1. The predicted octanol–water partition coefficient (Wildman–Crippen LogP) is 1.72. The zero-order chi connectivity index (χ0) is 11.3. The Morgan fingerprint density at radius 1 is 1.53 bits per heavy atom. The molecule has 1 fully saturated rings. The maximum atomic E-state index is 3.64. The Morgan fingerprint density at radius 3 is 2.87 bits per heavy atom. The van der Waals surface area contributed by atoms with E-state index in [4.69, 9.17) is 0 Å². The summed E-state index contributed by atoms with van der Waals surface area (Å²) in [7, 11) is 0. The summed E-state index contributed by atoms with van der Waals surface area (Å²) in [6, 6.07) is 1.26. The molecule has 2 nitrogen and oxygen atoms in total. The normalized spacial score (nSPS) is 29.3. The van der Waals surface area contributed by atoms with E-state index in [1.54, 1.807) is 0 Å². The molecule has 15 heavy (non-hydrogen) atoms. The minimum absolute atomic E-state index is 0.617. The van der Waals surface area contributed by atoms with Gasteiger partial charge in [-0.3, -0.25) is 4.90 Å². The van der Waals surface area contributed by atoms with E-state index >= 15 is 0 Å². The Balaban J connectivity index is 2.50. The summed E-state index contributed by atoms with van der Waals surface area (Å²) >= 11 is 0. The molecule has 0 aromatic carbocycles. The average Bonchev–Trinajstić information content (AvgIpc) is 2.27. The molecule has 0 aromatic heterocycles. The van der Waals surface area contributed by atoms with Crippen molar-refractivity contribution < 1.29 is 0 Å². The SMILES string of the molecule is CC#CCN1CC(C(C)CC)NCC1C. The van der Waals surface area contributed by atoms with Crippen molar-refractivity contribution in [3.05, 3.63) is 0 Å². The predicted molar refractivity (Wildman–Crippen MR) is 65.7 cm³/mol. The van der Waals surface area contributed by atoms with Crippen LogP contribution in [0.15, 0.2) is 0 Å². The standard InChI is InChI=1S/C13H24N2/c1-5-7-8-15-10-13(11(3)6-2)14-9-12(15)4/h11-14H,6,8-10H2,1-4H3. The van der Waals surface area contributed by atoms with E-state index in [0.29, 0.717) is 12.1 Å². The van der Waals surface area contributed by atoms with Crippen LogP contribution in [0.1, 0.15) is 34.1 Å². The van der Waals surface area contributed by atoms with Gasteiger partial charge in [-0.25, -0.2) is 0 Å². The Kier molecular flexibility index (Phi) is 5.14. The van der Waals surface area contributed by atoms with Crippen molar-refractivity contribution in [1.29, 1.82) is 0 Å². The van der Waals surface area contributed by atoms with Crippen LogP contribution in [0.25, 0.3) is 0 Å². The second-order valence-corrected chi connectivity index (χ2v) is 4.61. The largest absolute Gasteiger partial charge is 0.311 e. The summed E-state index contributed by atoms with van der Waals surface area (Å²) in [5.74, 6) is 6.91. The Morgan fingerprint density at radius 2 is 2.27 bits per heavy atom. The van der Waals surface area contributed by atoms with E-state index in [-0.39, 0.29) is 0 Å². The summed E-state index contributed by atoms with van der Waals surface area (Å²) in [4.78, 5) is 2.49. The van der Waals surface area contributed by atoms with Gasteiger partial charge >= 0.3 is 0 Å². The summed E-state index contributed by atoms with van der Waals surface area (Å²) in [5, 5.41) is 3.64. The van der Waals surface area contributed by atoms with Gasteiger partial charge in [-0.05, 0) is 19.8 Å². The van der Waals surface area contributed by atoms with Crippen LogP contribution in [-0.4, -0.2) is 36.6 Å². The van der Waals surface area contributed by atoms with Gasteiger partial charge in [0, 0.05) is 25.2 Å². The highest BCUT2D eigenvalue weighted by Gasteiger charge is 2.26. The molecule has 0 aromatic rings. The fraction of sp³-hybridized carbons (Fsp3) is 0.846. The third-order valence-electron chi connectivity index (χ3n) is 3.52. The Bertz CT molecular complexity index is 239. The van der Waals surface area contributed by atoms with Crippen molar-refractivity contribution in [2.75, 3.05) is 19.6 Å². The van der Waals surface area contributed by atoms with Crippen LogP contribution in [0, 0.1) is 17.8 Å². The molecule has 1 aliphatic heterocycles. The van der Waals surface area contributed by atoms with Gasteiger partial charge in [0.05, 0.1) is 6.54 Å². The van der Waals surface area contributed by atoms with Crippen LogP contribution >= 0.6 is 0 Å². The number of nitrogens with zero attached hydrogens (tertiary/aromatic N) is 1. The fourth-order valence-corrected chi connectivity index (χ4v) is 2.01. The Hall–Kier alpha value is -0.520. The van der Waals surface area contributed by atoms with Crippen LogP contribution in [0.3, 0.4) is 0 Å².